The maximum Gasteiger partial charge on any atom is 0.266 e. The lowest BCUT2D eigenvalue weighted by Crippen LogP contribution is -2.29. The van der Waals surface area contributed by atoms with Crippen molar-refractivity contribution in [2.75, 3.05) is 18.4 Å². The number of carbonyl (C=O) groups excluding carboxylic acids is 1. The van der Waals surface area contributed by atoms with Crippen molar-refractivity contribution in [2.24, 2.45) is 5.73 Å². The fourth-order valence-electron chi connectivity index (χ4n) is 2.02. The molecule has 0 unspecified atom stereocenters. The molecule has 4 N–H and O–H groups in total. The normalized spacial score (nSPS) is 10.9. The summed E-state index contributed by atoms with van der Waals surface area (Å²) in [7, 11) is -3.63. The second-order valence-electron chi connectivity index (χ2n) is 4.80. The van der Waals surface area contributed by atoms with E-state index in [4.69, 9.17) is 5.73 Å². The highest BCUT2D eigenvalue weighted by atomic mass is 35.5. The standard InChI is InChI=1S/C15H19N3O3S2.ClH/c1-2-11-6-9-22-14(11)15(19)18-12-4-3-5-13(10-12)23(20,21)17-8-7-16;/h3-6,9-10,17H,2,7-8,16H2,1H3,(H,18,19);1H. The minimum Gasteiger partial charge on any atom is -0.329 e. The number of anilines is 1. The van der Waals surface area contributed by atoms with Crippen LogP contribution in [0.5, 0.6) is 0 Å². The van der Waals surface area contributed by atoms with Crippen LogP contribution in [0.1, 0.15) is 22.2 Å². The van der Waals surface area contributed by atoms with Crippen LogP contribution in [0.3, 0.4) is 0 Å². The van der Waals surface area contributed by atoms with Crippen LogP contribution < -0.4 is 15.8 Å². The van der Waals surface area contributed by atoms with Gasteiger partial charge in [-0.05, 0) is 41.6 Å². The Labute approximate surface area is 151 Å². The highest BCUT2D eigenvalue weighted by Crippen LogP contribution is 2.21. The summed E-state index contributed by atoms with van der Waals surface area (Å²) >= 11 is 1.37. The maximum atomic E-state index is 12.3. The van der Waals surface area contributed by atoms with Gasteiger partial charge in [0.05, 0.1) is 9.77 Å². The third-order valence-electron chi connectivity index (χ3n) is 3.17. The van der Waals surface area contributed by atoms with Gasteiger partial charge in [-0.25, -0.2) is 13.1 Å². The Balaban J connectivity index is 0.00000288. The van der Waals surface area contributed by atoms with Crippen LogP contribution in [0.2, 0.25) is 0 Å². The molecular formula is C15H20ClN3O3S2. The Morgan fingerprint density at radius 3 is 2.71 bits per heavy atom. The summed E-state index contributed by atoms with van der Waals surface area (Å²) in [6, 6.07) is 8.05. The Hall–Kier alpha value is -1.45. The molecule has 0 fully saturated rings. The van der Waals surface area contributed by atoms with E-state index in [1.165, 1.54) is 23.5 Å². The van der Waals surface area contributed by atoms with Gasteiger partial charge in [0.2, 0.25) is 10.0 Å². The smallest absolute Gasteiger partial charge is 0.266 e. The molecule has 9 heteroatoms. The van der Waals surface area contributed by atoms with Crippen LogP contribution in [0, 0.1) is 0 Å². The van der Waals surface area contributed by atoms with Crippen molar-refractivity contribution in [1.29, 1.82) is 0 Å². The van der Waals surface area contributed by atoms with Crippen LogP contribution >= 0.6 is 23.7 Å². The number of nitrogens with two attached hydrogens (primary N) is 1. The molecule has 0 aliphatic rings. The summed E-state index contributed by atoms with van der Waals surface area (Å²) in [5.74, 6) is -0.235. The molecule has 132 valence electrons. The molecule has 0 bridgehead atoms. The van der Waals surface area contributed by atoms with Crippen molar-refractivity contribution in [3.63, 3.8) is 0 Å². The molecule has 0 saturated carbocycles. The Kier molecular flexibility index (Phi) is 7.85. The number of nitrogens with one attached hydrogen (secondary N) is 2. The largest absolute Gasteiger partial charge is 0.329 e. The monoisotopic (exact) mass is 389 g/mol. The third-order valence-corrected chi connectivity index (χ3v) is 5.59. The van der Waals surface area contributed by atoms with Crippen molar-refractivity contribution < 1.29 is 13.2 Å². The summed E-state index contributed by atoms with van der Waals surface area (Å²) < 4.78 is 26.5. The lowest BCUT2D eigenvalue weighted by molar-refractivity contribution is 0.102. The SMILES string of the molecule is CCc1ccsc1C(=O)Nc1cccc(S(=O)(=O)NCCN)c1.Cl. The number of thiophene rings is 1. The molecule has 0 aliphatic heterocycles. The quantitative estimate of drug-likeness (QED) is 0.675. The number of carbonyl (C=O) groups is 1. The van der Waals surface area contributed by atoms with E-state index < -0.39 is 10.0 Å². The molecule has 6 nitrogen and oxygen atoms in total. The Bertz CT molecular complexity index is 791. The Morgan fingerprint density at radius 2 is 2.04 bits per heavy atom. The molecule has 1 heterocycles. The zero-order valence-corrected chi connectivity index (χ0v) is 15.6. The van der Waals surface area contributed by atoms with Crippen LogP contribution in [-0.4, -0.2) is 27.4 Å². The van der Waals surface area contributed by atoms with E-state index in [0.29, 0.717) is 10.6 Å². The van der Waals surface area contributed by atoms with Gasteiger partial charge in [-0.15, -0.1) is 23.7 Å². The first-order chi connectivity index (χ1) is 11.0. The molecule has 0 saturated heterocycles. The molecule has 2 aromatic rings. The van der Waals surface area contributed by atoms with E-state index in [0.717, 1.165) is 12.0 Å². The average molecular weight is 390 g/mol. The number of rotatable bonds is 7. The van der Waals surface area contributed by atoms with Gasteiger partial charge in [0.25, 0.3) is 5.91 Å². The van der Waals surface area contributed by atoms with Gasteiger partial charge in [-0.1, -0.05) is 13.0 Å². The molecule has 1 aromatic carbocycles. The van der Waals surface area contributed by atoms with Gasteiger partial charge in [0, 0.05) is 18.8 Å². The van der Waals surface area contributed by atoms with E-state index in [9.17, 15) is 13.2 Å². The van der Waals surface area contributed by atoms with E-state index in [-0.39, 0.29) is 36.3 Å². The van der Waals surface area contributed by atoms with Gasteiger partial charge in [0.15, 0.2) is 0 Å². The van der Waals surface area contributed by atoms with Gasteiger partial charge in [-0.2, -0.15) is 0 Å². The number of amides is 1. The van der Waals surface area contributed by atoms with E-state index in [1.54, 1.807) is 12.1 Å². The third kappa shape index (κ3) is 5.02. The van der Waals surface area contributed by atoms with Gasteiger partial charge in [-0.3, -0.25) is 4.79 Å². The number of benzene rings is 1. The summed E-state index contributed by atoms with van der Waals surface area (Å²) in [4.78, 5) is 13.0. The molecule has 0 spiro atoms. The van der Waals surface area contributed by atoms with Gasteiger partial charge in [0.1, 0.15) is 0 Å². The highest BCUT2D eigenvalue weighted by molar-refractivity contribution is 7.89. The lowest BCUT2D eigenvalue weighted by atomic mass is 10.2. The second kappa shape index (κ2) is 9.14. The number of hydrogen-bond acceptors (Lipinski definition) is 5. The number of hydrogen-bond donors (Lipinski definition) is 3. The maximum absolute atomic E-state index is 12.3. The number of aryl methyl sites for hydroxylation is 1. The molecule has 1 aromatic heterocycles. The topological polar surface area (TPSA) is 101 Å². The van der Waals surface area contributed by atoms with Gasteiger partial charge < -0.3 is 11.1 Å². The summed E-state index contributed by atoms with van der Waals surface area (Å²) in [6.07, 6.45) is 0.768. The first kappa shape index (κ1) is 20.6. The van der Waals surface area contributed by atoms with Crippen LogP contribution in [0.25, 0.3) is 0 Å². The van der Waals surface area contributed by atoms with E-state index >= 15 is 0 Å². The van der Waals surface area contributed by atoms with Gasteiger partial charge >= 0.3 is 0 Å². The number of sulfonamides is 1. The predicted molar refractivity (Wildman–Crippen MR) is 99.6 cm³/mol. The second-order valence-corrected chi connectivity index (χ2v) is 7.48. The first-order valence-electron chi connectivity index (χ1n) is 7.15. The zero-order valence-electron chi connectivity index (χ0n) is 13.1. The minimum atomic E-state index is -3.63. The van der Waals surface area contributed by atoms with Crippen LogP contribution in [0.15, 0.2) is 40.6 Å². The van der Waals surface area contributed by atoms with Crippen molar-refractivity contribution in [3.8, 4) is 0 Å². The lowest BCUT2D eigenvalue weighted by Gasteiger charge is -2.09. The van der Waals surface area contributed by atoms with Crippen molar-refractivity contribution in [2.45, 2.75) is 18.2 Å². The zero-order chi connectivity index (χ0) is 16.9. The number of halogens is 1. The van der Waals surface area contributed by atoms with Crippen LogP contribution in [0.4, 0.5) is 5.69 Å². The molecule has 0 radical (unpaired) electrons. The molecule has 1 amide bonds. The summed E-state index contributed by atoms with van der Waals surface area (Å²) in [6.45, 7) is 2.36. The molecule has 0 aliphatic carbocycles. The first-order valence-corrected chi connectivity index (χ1v) is 9.51. The predicted octanol–water partition coefficient (Wildman–Crippen LogP) is 2.22. The summed E-state index contributed by atoms with van der Waals surface area (Å²) in [5, 5.41) is 4.61. The Morgan fingerprint density at radius 1 is 1.29 bits per heavy atom. The molecule has 0 atom stereocenters. The highest BCUT2D eigenvalue weighted by Gasteiger charge is 2.16. The molecule has 24 heavy (non-hydrogen) atoms. The fourth-order valence-corrected chi connectivity index (χ4v) is 4.00. The van der Waals surface area contributed by atoms with Crippen molar-refractivity contribution >= 4 is 45.4 Å². The molecule has 2 rings (SSSR count). The van der Waals surface area contributed by atoms with Crippen molar-refractivity contribution in [3.05, 3.63) is 46.2 Å². The van der Waals surface area contributed by atoms with Crippen LogP contribution in [-0.2, 0) is 16.4 Å². The van der Waals surface area contributed by atoms with E-state index in [2.05, 4.69) is 10.0 Å². The van der Waals surface area contributed by atoms with E-state index in [1.807, 2.05) is 18.4 Å². The fraction of sp³-hybridized carbons (Fsp3) is 0.267. The van der Waals surface area contributed by atoms with Crippen molar-refractivity contribution in [1.82, 2.24) is 4.72 Å². The summed E-state index contributed by atoms with van der Waals surface area (Å²) in [5.41, 5.74) is 6.71. The average Bonchev–Trinajstić information content (AvgIpc) is 3.02. The minimum absolute atomic E-state index is 0. The molecular weight excluding hydrogens is 370 g/mol.